The first-order valence-corrected chi connectivity index (χ1v) is 10.4. The van der Waals surface area contributed by atoms with Crippen LogP contribution >= 0.6 is 11.3 Å². The number of carbonyl (C=O) groups excluding carboxylic acids is 2. The smallest absolute Gasteiger partial charge is 0.256 e. The molecule has 1 aliphatic rings. The zero-order valence-electron chi connectivity index (χ0n) is 15.9. The molecule has 5 nitrogen and oxygen atoms in total. The monoisotopic (exact) mass is 386 g/mol. The fourth-order valence-electron chi connectivity index (χ4n) is 3.23. The largest absolute Gasteiger partial charge is 0.494 e. The minimum absolute atomic E-state index is 0.135. The lowest BCUT2D eigenvalue weighted by atomic mass is 9.95. The van der Waals surface area contributed by atoms with E-state index >= 15 is 0 Å². The first-order chi connectivity index (χ1) is 13.1. The quantitative estimate of drug-likeness (QED) is 0.692. The van der Waals surface area contributed by atoms with Gasteiger partial charge in [-0.25, -0.2) is 0 Å². The van der Waals surface area contributed by atoms with Gasteiger partial charge >= 0.3 is 0 Å². The summed E-state index contributed by atoms with van der Waals surface area (Å²) in [4.78, 5) is 26.3. The van der Waals surface area contributed by atoms with Gasteiger partial charge in [0, 0.05) is 17.5 Å². The number of ether oxygens (including phenoxy) is 1. The highest BCUT2D eigenvalue weighted by atomic mass is 32.1. The lowest BCUT2D eigenvalue weighted by molar-refractivity contribution is 0.0963. The maximum Gasteiger partial charge on any atom is 0.256 e. The Morgan fingerprint density at radius 3 is 2.56 bits per heavy atom. The molecule has 0 bridgehead atoms. The summed E-state index contributed by atoms with van der Waals surface area (Å²) < 4.78 is 5.64. The third-order valence-electron chi connectivity index (χ3n) is 4.74. The van der Waals surface area contributed by atoms with Crippen molar-refractivity contribution in [3.8, 4) is 5.75 Å². The van der Waals surface area contributed by atoms with Crippen LogP contribution in [-0.4, -0.2) is 25.5 Å². The van der Waals surface area contributed by atoms with Crippen LogP contribution in [-0.2, 0) is 12.8 Å². The van der Waals surface area contributed by atoms with Gasteiger partial charge in [0.15, 0.2) is 0 Å². The molecule has 1 aromatic carbocycles. The number of unbranched alkanes of at least 4 members (excludes halogenated alkanes) is 1. The molecule has 0 spiro atoms. The van der Waals surface area contributed by atoms with Gasteiger partial charge in [0.25, 0.3) is 11.8 Å². The molecule has 1 aromatic heterocycles. The van der Waals surface area contributed by atoms with Crippen molar-refractivity contribution < 1.29 is 14.3 Å². The molecule has 2 aromatic rings. The van der Waals surface area contributed by atoms with E-state index in [-0.39, 0.29) is 11.8 Å². The van der Waals surface area contributed by atoms with Gasteiger partial charge in [0.1, 0.15) is 10.8 Å². The second-order valence-electron chi connectivity index (χ2n) is 6.67. The van der Waals surface area contributed by atoms with Gasteiger partial charge in [-0.3, -0.25) is 9.59 Å². The fourth-order valence-corrected chi connectivity index (χ4v) is 4.51. The summed E-state index contributed by atoms with van der Waals surface area (Å²) in [6, 6.07) is 7.13. The van der Waals surface area contributed by atoms with Crippen LogP contribution in [0, 0.1) is 0 Å². The molecule has 0 saturated heterocycles. The Balaban J connectivity index is 1.76. The summed E-state index contributed by atoms with van der Waals surface area (Å²) in [6.07, 6.45) is 6.18. The fraction of sp³-hybridized carbons (Fsp3) is 0.429. The minimum atomic E-state index is -0.209. The van der Waals surface area contributed by atoms with Crippen LogP contribution < -0.4 is 15.4 Å². The Morgan fingerprint density at radius 2 is 1.85 bits per heavy atom. The molecule has 144 valence electrons. The van der Waals surface area contributed by atoms with Crippen LogP contribution in [0.3, 0.4) is 0 Å². The molecule has 0 saturated carbocycles. The Bertz CT molecular complexity index is 812. The second kappa shape index (κ2) is 9.04. The van der Waals surface area contributed by atoms with E-state index in [4.69, 9.17) is 4.74 Å². The van der Waals surface area contributed by atoms with E-state index in [0.29, 0.717) is 22.7 Å². The average molecular weight is 387 g/mol. The summed E-state index contributed by atoms with van der Waals surface area (Å²) in [7, 11) is 1.62. The van der Waals surface area contributed by atoms with E-state index in [2.05, 4.69) is 17.6 Å². The Kier molecular flexibility index (Phi) is 6.50. The zero-order chi connectivity index (χ0) is 19.2. The number of fused-ring (bicyclic) bond motifs is 1. The van der Waals surface area contributed by atoms with Gasteiger partial charge in [-0.05, 0) is 61.9 Å². The van der Waals surface area contributed by atoms with E-state index in [1.807, 2.05) is 12.1 Å². The number of amides is 2. The van der Waals surface area contributed by atoms with Crippen molar-refractivity contribution in [1.29, 1.82) is 0 Å². The Morgan fingerprint density at radius 1 is 1.11 bits per heavy atom. The number of nitrogens with one attached hydrogen (secondary N) is 2. The number of thiophene rings is 1. The lowest BCUT2D eigenvalue weighted by Gasteiger charge is -2.12. The van der Waals surface area contributed by atoms with Crippen LogP contribution in [0.1, 0.15) is 63.8 Å². The first kappa shape index (κ1) is 19.4. The van der Waals surface area contributed by atoms with Crippen molar-refractivity contribution >= 4 is 28.2 Å². The summed E-state index contributed by atoms with van der Waals surface area (Å²) in [5.41, 5.74) is 2.28. The standard InChI is InChI=1S/C21H26N2O3S/c1-3-4-13-26-15-11-9-14(10-12-15)19(24)23-21-18(20(25)22-2)16-7-5-6-8-17(16)27-21/h9-12H,3-8,13H2,1-2H3,(H,22,25)(H,23,24). The van der Waals surface area contributed by atoms with E-state index in [9.17, 15) is 9.59 Å². The van der Waals surface area contributed by atoms with Crippen LogP contribution in [0.2, 0.25) is 0 Å². The summed E-state index contributed by atoms with van der Waals surface area (Å²) in [5, 5.41) is 6.30. The van der Waals surface area contributed by atoms with Gasteiger partial charge in [-0.2, -0.15) is 0 Å². The number of hydrogen-bond donors (Lipinski definition) is 2. The van der Waals surface area contributed by atoms with Gasteiger partial charge in [-0.15, -0.1) is 11.3 Å². The minimum Gasteiger partial charge on any atom is -0.494 e. The van der Waals surface area contributed by atoms with E-state index in [0.717, 1.165) is 49.8 Å². The molecular formula is C21H26N2O3S. The van der Waals surface area contributed by atoms with Gasteiger partial charge in [-0.1, -0.05) is 13.3 Å². The van der Waals surface area contributed by atoms with Crippen molar-refractivity contribution in [2.75, 3.05) is 19.0 Å². The summed E-state index contributed by atoms with van der Waals surface area (Å²) >= 11 is 1.53. The summed E-state index contributed by atoms with van der Waals surface area (Å²) in [6.45, 7) is 2.80. The second-order valence-corrected chi connectivity index (χ2v) is 7.78. The number of rotatable bonds is 7. The average Bonchev–Trinajstić information content (AvgIpc) is 3.06. The molecule has 0 radical (unpaired) electrons. The first-order valence-electron chi connectivity index (χ1n) is 9.54. The highest BCUT2D eigenvalue weighted by Crippen LogP contribution is 2.38. The van der Waals surface area contributed by atoms with Crippen LogP contribution in [0.25, 0.3) is 0 Å². The SMILES string of the molecule is CCCCOc1ccc(C(=O)Nc2sc3c(c2C(=O)NC)CCCC3)cc1. The third kappa shape index (κ3) is 4.50. The third-order valence-corrected chi connectivity index (χ3v) is 5.94. The van der Waals surface area contributed by atoms with Crippen LogP contribution in [0.5, 0.6) is 5.75 Å². The van der Waals surface area contributed by atoms with Crippen LogP contribution in [0.15, 0.2) is 24.3 Å². The predicted molar refractivity (Wildman–Crippen MR) is 109 cm³/mol. The predicted octanol–water partition coefficient (Wildman–Crippen LogP) is 4.42. The van der Waals surface area contributed by atoms with Crippen molar-refractivity contribution in [1.82, 2.24) is 5.32 Å². The molecule has 2 N–H and O–H groups in total. The van der Waals surface area contributed by atoms with E-state index < -0.39 is 0 Å². The van der Waals surface area contributed by atoms with E-state index in [1.54, 1.807) is 19.2 Å². The van der Waals surface area contributed by atoms with Crippen molar-refractivity contribution in [2.24, 2.45) is 0 Å². The normalized spacial score (nSPS) is 13.0. The number of benzene rings is 1. The molecule has 0 atom stereocenters. The number of anilines is 1. The van der Waals surface area contributed by atoms with Gasteiger partial charge < -0.3 is 15.4 Å². The van der Waals surface area contributed by atoms with Gasteiger partial charge in [0.05, 0.1) is 12.2 Å². The van der Waals surface area contributed by atoms with E-state index in [1.165, 1.54) is 16.2 Å². The molecule has 0 unspecified atom stereocenters. The molecule has 3 rings (SSSR count). The van der Waals surface area contributed by atoms with Crippen molar-refractivity contribution in [3.05, 3.63) is 45.8 Å². The molecular weight excluding hydrogens is 360 g/mol. The number of carbonyl (C=O) groups is 2. The topological polar surface area (TPSA) is 67.4 Å². The molecule has 2 amide bonds. The molecule has 0 aliphatic heterocycles. The number of hydrogen-bond acceptors (Lipinski definition) is 4. The highest BCUT2D eigenvalue weighted by molar-refractivity contribution is 7.17. The number of aryl methyl sites for hydroxylation is 1. The molecule has 6 heteroatoms. The molecule has 27 heavy (non-hydrogen) atoms. The van der Waals surface area contributed by atoms with Gasteiger partial charge in [0.2, 0.25) is 0 Å². The Labute approximate surface area is 164 Å². The maximum absolute atomic E-state index is 12.7. The summed E-state index contributed by atoms with van der Waals surface area (Å²) in [5.74, 6) is 0.417. The zero-order valence-corrected chi connectivity index (χ0v) is 16.7. The Hall–Kier alpha value is -2.34. The maximum atomic E-state index is 12.7. The lowest BCUT2D eigenvalue weighted by Crippen LogP contribution is -2.22. The van der Waals surface area contributed by atoms with Crippen LogP contribution in [0.4, 0.5) is 5.00 Å². The van der Waals surface area contributed by atoms with Crippen molar-refractivity contribution in [3.63, 3.8) is 0 Å². The molecule has 1 aliphatic carbocycles. The van der Waals surface area contributed by atoms with Crippen molar-refractivity contribution in [2.45, 2.75) is 45.4 Å². The highest BCUT2D eigenvalue weighted by Gasteiger charge is 2.26. The molecule has 1 heterocycles. The molecule has 0 fully saturated rings.